The van der Waals surface area contributed by atoms with Gasteiger partial charge in [0.25, 0.3) is 0 Å². The largest absolute Gasteiger partial charge is 0.462 e. The van der Waals surface area contributed by atoms with Crippen LogP contribution in [0.5, 0.6) is 0 Å². The van der Waals surface area contributed by atoms with E-state index in [1.54, 1.807) is 54.9 Å². The van der Waals surface area contributed by atoms with E-state index in [1.165, 1.54) is 24.0 Å². The number of aromatic nitrogens is 4. The summed E-state index contributed by atoms with van der Waals surface area (Å²) in [5.74, 6) is -1.18. The van der Waals surface area contributed by atoms with Crippen LogP contribution in [0.3, 0.4) is 0 Å². The van der Waals surface area contributed by atoms with Crippen LogP contribution in [0.15, 0.2) is 60.9 Å². The summed E-state index contributed by atoms with van der Waals surface area (Å²) in [4.78, 5) is 35.3. The zero-order valence-electron chi connectivity index (χ0n) is 20.7. The number of Topliss-reactive ketones (excluding diaryl/α,β-unsaturated/α-hetero) is 1. The second-order valence-electron chi connectivity index (χ2n) is 7.53. The van der Waals surface area contributed by atoms with E-state index in [0.717, 1.165) is 5.69 Å². The topological polar surface area (TPSA) is 105 Å². The fraction of sp³-hybridized carbons (Fsp3) is 0.192. The van der Waals surface area contributed by atoms with Gasteiger partial charge in [0.1, 0.15) is 20.5 Å². The standard InChI is InChI=1S/C14H13ClN2O3.C12H10ClIN2O2/c1-3-20-14(19)12-8-16-17(13(12)9(2)18)11-6-4-10(15)5-7-11;1-2-18-12(17)10-7-15-16(11(10)14)9-5-3-8(13)4-6-9/h4-8H,3H2,1-2H3;3-7H,2H2,1H3. The van der Waals surface area contributed by atoms with E-state index >= 15 is 0 Å². The Morgan fingerprint density at radius 3 is 1.66 bits per heavy atom. The maximum atomic E-state index is 11.8. The number of carbonyl (C=O) groups excluding carboxylic acids is 3. The minimum atomic E-state index is -0.557. The number of ether oxygens (including phenoxy) is 2. The Balaban J connectivity index is 0.000000212. The summed E-state index contributed by atoms with van der Waals surface area (Å²) in [6.45, 7) is 5.44. The molecule has 198 valence electrons. The van der Waals surface area contributed by atoms with Crippen molar-refractivity contribution in [3.8, 4) is 11.4 Å². The average Bonchev–Trinajstić information content (AvgIpc) is 3.50. The van der Waals surface area contributed by atoms with E-state index in [0.29, 0.717) is 31.6 Å². The number of hydrogen-bond donors (Lipinski definition) is 0. The van der Waals surface area contributed by atoms with Gasteiger partial charge in [-0.25, -0.2) is 19.0 Å². The van der Waals surface area contributed by atoms with Gasteiger partial charge in [-0.3, -0.25) is 4.79 Å². The molecule has 2 aromatic heterocycles. The monoisotopic (exact) mass is 668 g/mol. The van der Waals surface area contributed by atoms with Crippen molar-refractivity contribution in [1.82, 2.24) is 19.6 Å². The van der Waals surface area contributed by atoms with E-state index in [4.69, 9.17) is 32.7 Å². The Hall–Kier alpha value is -3.22. The number of esters is 2. The van der Waals surface area contributed by atoms with Crippen LogP contribution in [0, 0.1) is 3.70 Å². The first-order valence-corrected chi connectivity index (χ1v) is 13.2. The van der Waals surface area contributed by atoms with Crippen molar-refractivity contribution in [2.45, 2.75) is 20.8 Å². The molecule has 12 heteroatoms. The summed E-state index contributed by atoms with van der Waals surface area (Å²) in [5.41, 5.74) is 2.32. The maximum Gasteiger partial charge on any atom is 0.342 e. The van der Waals surface area contributed by atoms with Gasteiger partial charge in [0.05, 0.1) is 37.0 Å². The molecule has 0 spiro atoms. The smallest absolute Gasteiger partial charge is 0.342 e. The van der Waals surface area contributed by atoms with Gasteiger partial charge in [0.2, 0.25) is 0 Å². The lowest BCUT2D eigenvalue weighted by Gasteiger charge is -2.07. The summed E-state index contributed by atoms with van der Waals surface area (Å²) in [6.07, 6.45) is 2.84. The zero-order chi connectivity index (χ0) is 27.8. The van der Waals surface area contributed by atoms with Crippen LogP contribution < -0.4 is 0 Å². The highest BCUT2D eigenvalue weighted by molar-refractivity contribution is 14.1. The number of rotatable bonds is 7. The quantitative estimate of drug-likeness (QED) is 0.131. The van der Waals surface area contributed by atoms with Gasteiger partial charge >= 0.3 is 11.9 Å². The predicted molar refractivity (Wildman–Crippen MR) is 152 cm³/mol. The third-order valence-electron chi connectivity index (χ3n) is 4.95. The van der Waals surface area contributed by atoms with Gasteiger partial charge in [-0.2, -0.15) is 10.2 Å². The highest BCUT2D eigenvalue weighted by atomic mass is 127. The summed E-state index contributed by atoms with van der Waals surface area (Å²) in [5, 5.41) is 9.52. The van der Waals surface area contributed by atoms with Gasteiger partial charge in [-0.1, -0.05) is 23.2 Å². The lowest BCUT2D eigenvalue weighted by molar-refractivity contribution is 0.0515. The Bertz CT molecular complexity index is 1430. The molecule has 0 radical (unpaired) electrons. The molecule has 38 heavy (non-hydrogen) atoms. The lowest BCUT2D eigenvalue weighted by atomic mass is 10.2. The predicted octanol–water partition coefficient (Wildman–Crippen LogP) is 6.21. The van der Waals surface area contributed by atoms with E-state index in [1.807, 2.05) is 12.1 Å². The summed E-state index contributed by atoms with van der Waals surface area (Å²) in [6, 6.07) is 14.0. The minimum absolute atomic E-state index is 0.161. The Morgan fingerprint density at radius 2 is 1.18 bits per heavy atom. The van der Waals surface area contributed by atoms with Gasteiger partial charge in [-0.05, 0) is 85.0 Å². The third-order valence-corrected chi connectivity index (χ3v) is 6.49. The molecular weight excluding hydrogens is 646 g/mol. The maximum absolute atomic E-state index is 11.8. The molecule has 2 aromatic carbocycles. The van der Waals surface area contributed by atoms with Crippen molar-refractivity contribution in [1.29, 1.82) is 0 Å². The molecule has 4 rings (SSSR count). The van der Waals surface area contributed by atoms with Crippen molar-refractivity contribution in [2.75, 3.05) is 13.2 Å². The lowest BCUT2D eigenvalue weighted by Crippen LogP contribution is -2.12. The first-order valence-electron chi connectivity index (χ1n) is 11.4. The van der Waals surface area contributed by atoms with Gasteiger partial charge < -0.3 is 9.47 Å². The van der Waals surface area contributed by atoms with Crippen LogP contribution in [0.25, 0.3) is 11.4 Å². The first-order chi connectivity index (χ1) is 18.2. The van der Waals surface area contributed by atoms with E-state index in [2.05, 4.69) is 32.8 Å². The van der Waals surface area contributed by atoms with Gasteiger partial charge in [-0.15, -0.1) is 0 Å². The van der Waals surface area contributed by atoms with Crippen molar-refractivity contribution < 1.29 is 23.9 Å². The van der Waals surface area contributed by atoms with Crippen molar-refractivity contribution in [3.63, 3.8) is 0 Å². The molecule has 0 fully saturated rings. The molecule has 0 saturated heterocycles. The van der Waals surface area contributed by atoms with Crippen LogP contribution >= 0.6 is 45.8 Å². The second-order valence-corrected chi connectivity index (χ2v) is 9.42. The molecule has 0 saturated carbocycles. The molecular formula is C26H23Cl2IN4O5. The van der Waals surface area contributed by atoms with Crippen molar-refractivity contribution >= 4 is 63.5 Å². The van der Waals surface area contributed by atoms with Gasteiger partial charge in [0.15, 0.2) is 5.78 Å². The molecule has 0 amide bonds. The molecule has 0 unspecified atom stereocenters. The number of halogens is 3. The number of hydrogen-bond acceptors (Lipinski definition) is 7. The first kappa shape index (κ1) is 29.3. The van der Waals surface area contributed by atoms with Crippen LogP contribution in [-0.4, -0.2) is 50.5 Å². The molecule has 0 aliphatic rings. The second kappa shape index (κ2) is 13.5. The highest BCUT2D eigenvalue weighted by Gasteiger charge is 2.22. The molecule has 0 N–H and O–H groups in total. The Labute approximate surface area is 242 Å². The fourth-order valence-electron chi connectivity index (χ4n) is 3.27. The number of ketones is 1. The summed E-state index contributed by atoms with van der Waals surface area (Å²) >= 11 is 13.7. The molecule has 0 atom stereocenters. The fourth-order valence-corrected chi connectivity index (χ4v) is 4.28. The third kappa shape index (κ3) is 7.00. The zero-order valence-corrected chi connectivity index (χ0v) is 24.3. The number of benzene rings is 2. The van der Waals surface area contributed by atoms with E-state index in [-0.39, 0.29) is 29.6 Å². The van der Waals surface area contributed by atoms with Crippen LogP contribution in [0.4, 0.5) is 0 Å². The molecule has 2 heterocycles. The van der Waals surface area contributed by atoms with E-state index < -0.39 is 5.97 Å². The van der Waals surface area contributed by atoms with Crippen molar-refractivity contribution in [2.24, 2.45) is 0 Å². The molecule has 4 aromatic rings. The SMILES string of the molecule is CCOC(=O)c1cnn(-c2ccc(Cl)cc2)c1C(C)=O.CCOC(=O)c1cnn(-c2ccc(Cl)cc2)c1I. The minimum Gasteiger partial charge on any atom is -0.462 e. The molecule has 0 aliphatic carbocycles. The van der Waals surface area contributed by atoms with Crippen molar-refractivity contribution in [3.05, 3.63) is 91.5 Å². The molecule has 0 aliphatic heterocycles. The summed E-state index contributed by atoms with van der Waals surface area (Å²) < 4.78 is 13.7. The van der Waals surface area contributed by atoms with Gasteiger partial charge in [0, 0.05) is 17.0 Å². The Morgan fingerprint density at radius 1 is 0.763 bits per heavy atom. The normalized spacial score (nSPS) is 10.4. The van der Waals surface area contributed by atoms with Crippen LogP contribution in [0.1, 0.15) is 52.0 Å². The summed E-state index contributed by atoms with van der Waals surface area (Å²) in [7, 11) is 0. The average molecular weight is 669 g/mol. The molecule has 9 nitrogen and oxygen atoms in total. The van der Waals surface area contributed by atoms with Crippen LogP contribution in [-0.2, 0) is 9.47 Å². The number of carbonyl (C=O) groups is 3. The van der Waals surface area contributed by atoms with E-state index in [9.17, 15) is 14.4 Å². The Kier molecular flexibility index (Phi) is 10.5. The number of nitrogens with zero attached hydrogens (tertiary/aromatic N) is 4. The highest BCUT2D eigenvalue weighted by Crippen LogP contribution is 2.20. The van der Waals surface area contributed by atoms with Crippen LogP contribution in [0.2, 0.25) is 10.0 Å². The molecule has 0 bridgehead atoms.